The monoisotopic (exact) mass is 474 g/mol. The molecule has 0 aliphatic heterocycles. The second-order valence-electron chi connectivity index (χ2n) is 5.68. The average Bonchev–Trinajstić information content (AvgIpc) is 2.66. The predicted octanol–water partition coefficient (Wildman–Crippen LogP) is 2.45. The molecule has 0 aliphatic rings. The summed E-state index contributed by atoms with van der Waals surface area (Å²) in [6.45, 7) is 0.399. The van der Waals surface area contributed by atoms with Gasteiger partial charge in [0.1, 0.15) is 0 Å². The molecule has 10 heteroatoms. The Labute approximate surface area is 171 Å². The summed E-state index contributed by atoms with van der Waals surface area (Å²) in [5.74, 6) is -0.931. The van der Waals surface area contributed by atoms with Crippen molar-refractivity contribution in [3.05, 3.63) is 57.8 Å². The van der Waals surface area contributed by atoms with Crippen LogP contribution in [0.3, 0.4) is 0 Å². The van der Waals surface area contributed by atoms with Gasteiger partial charge in [-0.15, -0.1) is 0 Å². The van der Waals surface area contributed by atoms with Crippen LogP contribution in [0.25, 0.3) is 0 Å². The van der Waals surface area contributed by atoms with Gasteiger partial charge in [-0.2, -0.15) is 0 Å². The van der Waals surface area contributed by atoms with Crippen molar-refractivity contribution < 1.29 is 27.1 Å². The van der Waals surface area contributed by atoms with Crippen LogP contribution in [0, 0.1) is 5.82 Å². The Morgan fingerprint density at radius 3 is 2.57 bits per heavy atom. The van der Waals surface area contributed by atoms with E-state index in [-0.39, 0.29) is 35.9 Å². The molecule has 0 unspecified atom stereocenters. The number of benzene rings is 2. The second kappa shape index (κ2) is 9.97. The summed E-state index contributed by atoms with van der Waals surface area (Å²) in [5.41, 5.74) is 0.677. The molecule has 0 atom stereocenters. The van der Waals surface area contributed by atoms with E-state index in [9.17, 15) is 17.6 Å². The summed E-state index contributed by atoms with van der Waals surface area (Å²) in [6.07, 6.45) is 0. The smallest absolute Gasteiger partial charge is 0.252 e. The number of amides is 1. The zero-order valence-electron chi connectivity index (χ0n) is 15.3. The van der Waals surface area contributed by atoms with Gasteiger partial charge in [-0.05, 0) is 51.8 Å². The quantitative estimate of drug-likeness (QED) is 0.544. The normalized spacial score (nSPS) is 11.3. The van der Waals surface area contributed by atoms with Gasteiger partial charge in [0.05, 0.1) is 24.2 Å². The van der Waals surface area contributed by atoms with Crippen molar-refractivity contribution >= 4 is 31.9 Å². The van der Waals surface area contributed by atoms with Gasteiger partial charge in [-0.25, -0.2) is 17.5 Å². The number of carbonyl (C=O) groups is 1. The third kappa shape index (κ3) is 5.74. The van der Waals surface area contributed by atoms with Gasteiger partial charge >= 0.3 is 0 Å². The highest BCUT2D eigenvalue weighted by Gasteiger charge is 2.18. The van der Waals surface area contributed by atoms with E-state index >= 15 is 0 Å². The predicted molar refractivity (Wildman–Crippen MR) is 105 cm³/mol. The van der Waals surface area contributed by atoms with Gasteiger partial charge in [0.15, 0.2) is 11.6 Å². The van der Waals surface area contributed by atoms with E-state index in [1.54, 1.807) is 6.07 Å². The lowest BCUT2D eigenvalue weighted by molar-refractivity contribution is 0.0950. The van der Waals surface area contributed by atoms with Crippen LogP contribution in [0.4, 0.5) is 4.39 Å². The van der Waals surface area contributed by atoms with Gasteiger partial charge in [0.25, 0.3) is 5.91 Å². The Kier molecular flexibility index (Phi) is 7.93. The molecule has 0 saturated heterocycles. The average molecular weight is 475 g/mol. The Bertz CT molecular complexity index is 953. The second-order valence-corrected chi connectivity index (χ2v) is 8.31. The van der Waals surface area contributed by atoms with Crippen LogP contribution in [0.1, 0.15) is 15.9 Å². The fraction of sp³-hybridized carbons (Fsp3) is 0.278. The van der Waals surface area contributed by atoms with Crippen molar-refractivity contribution in [2.24, 2.45) is 0 Å². The van der Waals surface area contributed by atoms with Crippen LogP contribution < -0.4 is 14.8 Å². The molecule has 0 aliphatic carbocycles. The van der Waals surface area contributed by atoms with Crippen molar-refractivity contribution in [3.63, 3.8) is 0 Å². The van der Waals surface area contributed by atoms with Gasteiger partial charge < -0.3 is 14.8 Å². The molecule has 0 fully saturated rings. The van der Waals surface area contributed by atoms with Gasteiger partial charge in [-0.3, -0.25) is 4.79 Å². The highest BCUT2D eigenvalue weighted by Crippen LogP contribution is 2.22. The molecule has 7 nitrogen and oxygen atoms in total. The number of carbonyl (C=O) groups excluding carboxylic acids is 1. The van der Waals surface area contributed by atoms with E-state index in [1.807, 2.05) is 0 Å². The minimum absolute atomic E-state index is 0.0487. The van der Waals surface area contributed by atoms with E-state index in [1.165, 1.54) is 44.6 Å². The van der Waals surface area contributed by atoms with Crippen molar-refractivity contribution in [1.82, 2.24) is 10.0 Å². The van der Waals surface area contributed by atoms with Crippen molar-refractivity contribution in [1.29, 1.82) is 0 Å². The number of hydrogen-bond donors (Lipinski definition) is 2. The fourth-order valence-electron chi connectivity index (χ4n) is 2.30. The third-order valence-electron chi connectivity index (χ3n) is 3.76. The zero-order valence-corrected chi connectivity index (χ0v) is 17.7. The fourth-order valence-corrected chi connectivity index (χ4v) is 3.77. The summed E-state index contributed by atoms with van der Waals surface area (Å²) in [4.78, 5) is 12.4. The van der Waals surface area contributed by atoms with Gasteiger partial charge in [0, 0.05) is 24.7 Å². The lowest BCUT2D eigenvalue weighted by Gasteiger charge is -2.11. The molecular formula is C18H20BrFN2O5S. The number of halogens is 2. The van der Waals surface area contributed by atoms with Crippen LogP contribution in [0.15, 0.2) is 45.8 Å². The highest BCUT2D eigenvalue weighted by atomic mass is 79.9. The first-order valence-corrected chi connectivity index (χ1v) is 10.4. The maximum absolute atomic E-state index is 13.7. The van der Waals surface area contributed by atoms with Crippen LogP contribution in [0.2, 0.25) is 0 Å². The zero-order chi connectivity index (χ0) is 20.7. The Hall–Kier alpha value is -2.01. The summed E-state index contributed by atoms with van der Waals surface area (Å²) < 4.78 is 50.8. The van der Waals surface area contributed by atoms with Crippen LogP contribution >= 0.6 is 15.9 Å². The molecule has 0 aromatic heterocycles. The lowest BCUT2D eigenvalue weighted by Crippen LogP contribution is -2.28. The number of ether oxygens (including phenoxy) is 2. The molecule has 152 valence electrons. The number of rotatable bonds is 9. The Morgan fingerprint density at radius 1 is 1.18 bits per heavy atom. The largest absolute Gasteiger partial charge is 0.494 e. The van der Waals surface area contributed by atoms with E-state index < -0.39 is 21.7 Å². The number of sulfonamides is 1. The molecule has 2 N–H and O–H groups in total. The van der Waals surface area contributed by atoms with Gasteiger partial charge in [-0.1, -0.05) is 6.07 Å². The van der Waals surface area contributed by atoms with Crippen molar-refractivity contribution in [3.8, 4) is 5.75 Å². The maximum atomic E-state index is 13.7. The van der Waals surface area contributed by atoms with E-state index in [0.717, 1.165) is 0 Å². The van der Waals surface area contributed by atoms with Gasteiger partial charge in [0.2, 0.25) is 10.0 Å². The minimum atomic E-state index is -3.78. The molecular weight excluding hydrogens is 455 g/mol. The minimum Gasteiger partial charge on any atom is -0.494 e. The first-order chi connectivity index (χ1) is 13.3. The van der Waals surface area contributed by atoms with Crippen LogP contribution in [-0.4, -0.2) is 41.7 Å². The number of nitrogens with one attached hydrogen (secondary N) is 2. The summed E-state index contributed by atoms with van der Waals surface area (Å²) in [5, 5.41) is 2.64. The molecule has 0 bridgehead atoms. The Morgan fingerprint density at radius 2 is 1.93 bits per heavy atom. The summed E-state index contributed by atoms with van der Waals surface area (Å²) in [6, 6.07) is 8.48. The molecule has 28 heavy (non-hydrogen) atoms. The molecule has 0 saturated carbocycles. The van der Waals surface area contributed by atoms with E-state index in [0.29, 0.717) is 10.0 Å². The topological polar surface area (TPSA) is 93.7 Å². The van der Waals surface area contributed by atoms with Crippen molar-refractivity contribution in [2.45, 2.75) is 11.4 Å². The van der Waals surface area contributed by atoms with Crippen LogP contribution in [0.5, 0.6) is 5.75 Å². The Balaban J connectivity index is 2.13. The molecule has 2 aromatic carbocycles. The van der Waals surface area contributed by atoms with Crippen LogP contribution in [-0.2, 0) is 21.3 Å². The molecule has 1 amide bonds. The number of methoxy groups -OCH3 is 2. The molecule has 2 aromatic rings. The first-order valence-electron chi connectivity index (χ1n) is 8.17. The molecule has 0 spiro atoms. The lowest BCUT2D eigenvalue weighted by atomic mass is 10.2. The SMILES string of the molecule is COCCNS(=O)(=O)c1ccc(Br)c(C(=O)NCc2ccc(OC)c(F)c2)c1. The van der Waals surface area contributed by atoms with E-state index in [4.69, 9.17) is 9.47 Å². The molecule has 2 rings (SSSR count). The van der Waals surface area contributed by atoms with E-state index in [2.05, 4.69) is 26.0 Å². The summed E-state index contributed by atoms with van der Waals surface area (Å²) in [7, 11) is -0.953. The molecule has 0 heterocycles. The van der Waals surface area contributed by atoms with Crippen molar-refractivity contribution in [2.75, 3.05) is 27.4 Å². The summed E-state index contributed by atoms with van der Waals surface area (Å²) >= 11 is 3.25. The standard InChI is InChI=1S/C18H20BrFN2O5S/c1-26-8-7-22-28(24,25)13-4-5-15(19)14(10-13)18(23)21-11-12-3-6-17(27-2)16(20)9-12/h3-6,9-10,22H,7-8,11H2,1-2H3,(H,21,23). The third-order valence-corrected chi connectivity index (χ3v) is 5.91. The maximum Gasteiger partial charge on any atom is 0.252 e. The molecule has 0 radical (unpaired) electrons. The first kappa shape index (κ1) is 22.3. The number of hydrogen-bond acceptors (Lipinski definition) is 5. The highest BCUT2D eigenvalue weighted by molar-refractivity contribution is 9.10.